The molecule has 0 bridgehead atoms. The minimum Gasteiger partial charge on any atom is -0.507 e. The topological polar surface area (TPSA) is 80.9 Å². The van der Waals surface area contributed by atoms with Gasteiger partial charge in [0.05, 0.1) is 12.2 Å². The fraction of sp³-hybridized carbons (Fsp3) is 0.556. The highest BCUT2D eigenvalue weighted by Gasteiger charge is 2.25. The first-order valence-electron chi connectivity index (χ1n) is 11.2. The van der Waals surface area contributed by atoms with Gasteiger partial charge in [-0.1, -0.05) is 65.8 Å². The van der Waals surface area contributed by atoms with E-state index < -0.39 is 12.2 Å². The van der Waals surface area contributed by atoms with Crippen molar-refractivity contribution in [2.24, 2.45) is 0 Å². The molecule has 2 aromatic rings. The number of hydrogen-bond donors (Lipinski definition) is 4. The molecule has 4 nitrogen and oxygen atoms in total. The maximum atomic E-state index is 11.1. The highest BCUT2D eigenvalue weighted by molar-refractivity contribution is 5.53. The number of rotatable bonds is 6. The van der Waals surface area contributed by atoms with E-state index in [0.29, 0.717) is 19.3 Å². The number of aromatic hydroxyl groups is 2. The molecule has 2 unspecified atom stereocenters. The molecule has 4 N–H and O–H groups in total. The van der Waals surface area contributed by atoms with Crippen LogP contribution < -0.4 is 0 Å². The molecule has 172 valence electrons. The molecule has 0 radical (unpaired) electrons. The van der Waals surface area contributed by atoms with E-state index in [1.165, 1.54) is 0 Å². The maximum Gasteiger partial charge on any atom is 0.122 e. The Morgan fingerprint density at radius 1 is 0.645 bits per heavy atom. The van der Waals surface area contributed by atoms with Gasteiger partial charge < -0.3 is 20.4 Å². The summed E-state index contributed by atoms with van der Waals surface area (Å²) >= 11 is 0. The van der Waals surface area contributed by atoms with Crippen LogP contribution in [0.25, 0.3) is 0 Å². The van der Waals surface area contributed by atoms with Crippen molar-refractivity contribution in [3.8, 4) is 11.5 Å². The van der Waals surface area contributed by atoms with Gasteiger partial charge in [0, 0.05) is 6.42 Å². The molecular formula is C27H40O4. The summed E-state index contributed by atoms with van der Waals surface area (Å²) in [6.45, 7) is 15.8. The highest BCUT2D eigenvalue weighted by Crippen LogP contribution is 2.39. The van der Waals surface area contributed by atoms with Crippen LogP contribution in [0.1, 0.15) is 88.8 Å². The largest absolute Gasteiger partial charge is 0.507 e. The van der Waals surface area contributed by atoms with Crippen molar-refractivity contribution in [3.05, 3.63) is 57.6 Å². The Kier molecular flexibility index (Phi) is 7.50. The normalized spacial score (nSPS) is 14.5. The van der Waals surface area contributed by atoms with Gasteiger partial charge in [0.2, 0.25) is 0 Å². The lowest BCUT2D eigenvalue weighted by atomic mass is 9.81. The van der Waals surface area contributed by atoms with E-state index >= 15 is 0 Å². The van der Waals surface area contributed by atoms with E-state index in [-0.39, 0.29) is 22.3 Å². The zero-order valence-electron chi connectivity index (χ0n) is 20.4. The van der Waals surface area contributed by atoms with Crippen LogP contribution in [0.2, 0.25) is 0 Å². The summed E-state index contributed by atoms with van der Waals surface area (Å²) in [5.41, 5.74) is 4.51. The van der Waals surface area contributed by atoms with Crippen molar-refractivity contribution in [3.63, 3.8) is 0 Å². The van der Waals surface area contributed by atoms with E-state index in [0.717, 1.165) is 33.4 Å². The average molecular weight is 429 g/mol. The summed E-state index contributed by atoms with van der Waals surface area (Å²) in [6, 6.07) is 7.79. The Bertz CT molecular complexity index is 837. The van der Waals surface area contributed by atoms with Crippen LogP contribution >= 0.6 is 0 Å². The van der Waals surface area contributed by atoms with Crippen LogP contribution in [-0.4, -0.2) is 32.6 Å². The van der Waals surface area contributed by atoms with Gasteiger partial charge in [-0.15, -0.1) is 0 Å². The summed E-state index contributed by atoms with van der Waals surface area (Å²) in [7, 11) is 0. The van der Waals surface area contributed by atoms with Crippen LogP contribution in [0.5, 0.6) is 11.5 Å². The van der Waals surface area contributed by atoms with Gasteiger partial charge in [0.25, 0.3) is 0 Å². The van der Waals surface area contributed by atoms with E-state index in [1.807, 2.05) is 24.3 Å². The molecule has 0 heterocycles. The molecule has 0 spiro atoms. The molecule has 0 aromatic heterocycles. The van der Waals surface area contributed by atoms with E-state index in [1.54, 1.807) is 13.8 Å². The molecule has 0 fully saturated rings. The van der Waals surface area contributed by atoms with Gasteiger partial charge in [0.1, 0.15) is 11.5 Å². The molecule has 0 amide bonds. The second-order valence-electron chi connectivity index (χ2n) is 11.1. The molecule has 0 saturated heterocycles. The molecule has 2 aromatic carbocycles. The molecular weight excluding hydrogens is 388 g/mol. The molecule has 0 aliphatic carbocycles. The average Bonchev–Trinajstić information content (AvgIpc) is 2.57. The molecule has 31 heavy (non-hydrogen) atoms. The van der Waals surface area contributed by atoms with Crippen LogP contribution in [-0.2, 0) is 30.1 Å². The fourth-order valence-electron chi connectivity index (χ4n) is 4.06. The predicted molar refractivity (Wildman–Crippen MR) is 127 cm³/mol. The van der Waals surface area contributed by atoms with Gasteiger partial charge in [-0.05, 0) is 70.9 Å². The van der Waals surface area contributed by atoms with Gasteiger partial charge in [-0.2, -0.15) is 0 Å². The number of aliphatic hydroxyl groups is 2. The third-order valence-electron chi connectivity index (χ3n) is 5.56. The zero-order chi connectivity index (χ0) is 23.7. The van der Waals surface area contributed by atoms with Crippen molar-refractivity contribution in [1.82, 2.24) is 0 Å². The minimum absolute atomic E-state index is 0.236. The minimum atomic E-state index is -0.486. The third kappa shape index (κ3) is 6.47. The Balaban J connectivity index is 2.66. The monoisotopic (exact) mass is 428 g/mol. The van der Waals surface area contributed by atoms with Gasteiger partial charge in [0.15, 0.2) is 0 Å². The SMILES string of the molecule is CC(O)Cc1cc(Cc2cc(CC(C)O)cc(C(C)(C)C)c2O)c(O)c(C(C)(C)C)c1. The highest BCUT2D eigenvalue weighted by atomic mass is 16.3. The molecule has 0 aliphatic heterocycles. The van der Waals surface area contributed by atoms with Crippen molar-refractivity contribution in [2.45, 2.75) is 97.7 Å². The standard InChI is InChI=1S/C27H40O4/c1-16(28)9-18-11-20(24(30)22(13-18)26(3,4)5)15-21-12-19(10-17(2)29)14-23(25(21)31)27(6,7)8/h11-14,16-17,28-31H,9-10,15H2,1-8H3. The van der Waals surface area contributed by atoms with Crippen molar-refractivity contribution in [1.29, 1.82) is 0 Å². The van der Waals surface area contributed by atoms with Crippen molar-refractivity contribution in [2.75, 3.05) is 0 Å². The molecule has 2 atom stereocenters. The number of phenols is 2. The lowest BCUT2D eigenvalue weighted by molar-refractivity contribution is 0.195. The van der Waals surface area contributed by atoms with Crippen LogP contribution in [0.4, 0.5) is 0 Å². The fourth-order valence-corrected chi connectivity index (χ4v) is 4.06. The third-order valence-corrected chi connectivity index (χ3v) is 5.56. The zero-order valence-corrected chi connectivity index (χ0v) is 20.4. The Morgan fingerprint density at radius 2 is 0.968 bits per heavy atom. The number of aliphatic hydroxyl groups excluding tert-OH is 2. The van der Waals surface area contributed by atoms with Crippen LogP contribution in [0.15, 0.2) is 24.3 Å². The molecule has 0 aliphatic rings. The lowest BCUT2D eigenvalue weighted by Crippen LogP contribution is -2.15. The Morgan fingerprint density at radius 3 is 1.23 bits per heavy atom. The van der Waals surface area contributed by atoms with Crippen LogP contribution in [0, 0.1) is 0 Å². The number of benzene rings is 2. The van der Waals surface area contributed by atoms with E-state index in [4.69, 9.17) is 0 Å². The first kappa shape index (κ1) is 25.2. The van der Waals surface area contributed by atoms with Crippen molar-refractivity contribution >= 4 is 0 Å². The van der Waals surface area contributed by atoms with Crippen molar-refractivity contribution < 1.29 is 20.4 Å². The van der Waals surface area contributed by atoms with Crippen LogP contribution in [0.3, 0.4) is 0 Å². The van der Waals surface area contributed by atoms with Gasteiger partial charge >= 0.3 is 0 Å². The second-order valence-corrected chi connectivity index (χ2v) is 11.1. The predicted octanol–water partition coefficient (Wildman–Crippen LogP) is 5.13. The first-order chi connectivity index (χ1) is 14.1. The maximum absolute atomic E-state index is 11.1. The van der Waals surface area contributed by atoms with E-state index in [9.17, 15) is 20.4 Å². The first-order valence-corrected chi connectivity index (χ1v) is 11.2. The smallest absolute Gasteiger partial charge is 0.122 e. The Hall–Kier alpha value is -2.04. The van der Waals surface area contributed by atoms with E-state index in [2.05, 4.69) is 41.5 Å². The summed E-state index contributed by atoms with van der Waals surface area (Å²) in [6.07, 6.45) is 0.390. The van der Waals surface area contributed by atoms with Gasteiger partial charge in [-0.3, -0.25) is 0 Å². The Labute approximate surface area is 187 Å². The van der Waals surface area contributed by atoms with Gasteiger partial charge in [-0.25, -0.2) is 0 Å². The lowest BCUT2D eigenvalue weighted by Gasteiger charge is -2.26. The number of hydrogen-bond acceptors (Lipinski definition) is 4. The summed E-state index contributed by atoms with van der Waals surface area (Å²) in [5, 5.41) is 42.0. The molecule has 4 heteroatoms. The summed E-state index contributed by atoms with van der Waals surface area (Å²) < 4.78 is 0. The second kappa shape index (κ2) is 9.22. The number of phenolic OH excluding ortho intramolecular Hbond substituents is 2. The molecule has 0 saturated carbocycles. The summed E-state index contributed by atoms with van der Waals surface area (Å²) in [4.78, 5) is 0. The molecule has 2 rings (SSSR count). The quantitative estimate of drug-likeness (QED) is 0.514. The summed E-state index contributed by atoms with van der Waals surface area (Å²) in [5.74, 6) is 0.471.